The van der Waals surface area contributed by atoms with Crippen molar-refractivity contribution in [3.63, 3.8) is 0 Å². The van der Waals surface area contributed by atoms with Crippen LogP contribution in [0.2, 0.25) is 5.02 Å². The maximum Gasteiger partial charge on any atom is 0.275 e. The van der Waals surface area contributed by atoms with Crippen molar-refractivity contribution in [2.75, 3.05) is 6.26 Å². The number of halogens is 1. The minimum Gasteiger partial charge on any atom is -0.300 e. The summed E-state index contributed by atoms with van der Waals surface area (Å²) in [5, 5.41) is 3.97. The van der Waals surface area contributed by atoms with Gasteiger partial charge in [-0.1, -0.05) is 35.5 Å². The number of carbonyl (C=O) groups is 1. The lowest BCUT2D eigenvalue weighted by Crippen LogP contribution is -2.21. The first-order chi connectivity index (χ1) is 7.69. The summed E-state index contributed by atoms with van der Waals surface area (Å²) in [7, 11) is 0. The van der Waals surface area contributed by atoms with Gasteiger partial charge in [-0.3, -0.25) is 10.1 Å². The molecule has 1 aliphatic rings. The van der Waals surface area contributed by atoms with Gasteiger partial charge in [0.25, 0.3) is 5.91 Å². The minimum absolute atomic E-state index is 0.167. The van der Waals surface area contributed by atoms with Gasteiger partial charge in [0.05, 0.1) is 0 Å². The number of hydrogen-bond donors (Lipinski definition) is 1. The van der Waals surface area contributed by atoms with Gasteiger partial charge in [-0.25, -0.2) is 4.99 Å². The van der Waals surface area contributed by atoms with E-state index in [2.05, 4.69) is 10.3 Å². The molecule has 1 amide bonds. The molecule has 1 N–H and O–H groups in total. The van der Waals surface area contributed by atoms with Gasteiger partial charge >= 0.3 is 0 Å². The third-order valence-corrected chi connectivity index (χ3v) is 2.87. The number of aliphatic imine (C=N–C) groups is 1. The Morgan fingerprint density at radius 3 is 2.62 bits per heavy atom. The quantitative estimate of drug-likeness (QED) is 0.781. The molecule has 0 fully saturated rings. The molecule has 0 saturated carbocycles. The van der Waals surface area contributed by atoms with Crippen molar-refractivity contribution in [3.05, 3.63) is 40.5 Å². The number of thioether (sulfide) groups is 1. The van der Waals surface area contributed by atoms with E-state index in [1.807, 2.05) is 18.4 Å². The number of rotatable bonds is 1. The molecule has 0 saturated heterocycles. The summed E-state index contributed by atoms with van der Waals surface area (Å²) in [6.07, 6.45) is 3.60. The van der Waals surface area contributed by atoms with Crippen LogP contribution in [0.3, 0.4) is 0 Å². The van der Waals surface area contributed by atoms with Crippen molar-refractivity contribution >= 4 is 40.5 Å². The minimum atomic E-state index is -0.167. The third kappa shape index (κ3) is 2.46. The summed E-state index contributed by atoms with van der Waals surface area (Å²) in [6, 6.07) is 7.24. The van der Waals surface area contributed by atoms with Crippen LogP contribution in [0.4, 0.5) is 0 Å². The zero-order valence-electron chi connectivity index (χ0n) is 8.53. The first kappa shape index (κ1) is 11.2. The molecule has 0 unspecified atom stereocenters. The predicted octanol–water partition coefficient (Wildman–Crippen LogP) is 2.53. The van der Waals surface area contributed by atoms with Crippen molar-refractivity contribution in [3.8, 4) is 0 Å². The number of hydrogen-bond acceptors (Lipinski definition) is 3. The molecular formula is C11H9ClN2OS. The van der Waals surface area contributed by atoms with Crippen molar-refractivity contribution in [1.82, 2.24) is 5.32 Å². The van der Waals surface area contributed by atoms with Gasteiger partial charge in [-0.05, 0) is 30.0 Å². The average molecular weight is 253 g/mol. The van der Waals surface area contributed by atoms with Crippen molar-refractivity contribution in [2.24, 2.45) is 4.99 Å². The Morgan fingerprint density at radius 1 is 1.38 bits per heavy atom. The molecule has 0 aliphatic carbocycles. The molecule has 0 aromatic heterocycles. The molecule has 0 spiro atoms. The van der Waals surface area contributed by atoms with Crippen LogP contribution in [0, 0.1) is 0 Å². The van der Waals surface area contributed by atoms with Crippen LogP contribution in [-0.2, 0) is 4.79 Å². The summed E-state index contributed by atoms with van der Waals surface area (Å²) >= 11 is 7.18. The zero-order valence-corrected chi connectivity index (χ0v) is 10.1. The van der Waals surface area contributed by atoms with E-state index in [9.17, 15) is 4.79 Å². The molecule has 82 valence electrons. The van der Waals surface area contributed by atoms with Gasteiger partial charge in [0.2, 0.25) is 0 Å². The molecule has 1 aromatic carbocycles. The maximum atomic E-state index is 11.5. The Kier molecular flexibility index (Phi) is 3.31. The second-order valence-corrected chi connectivity index (χ2v) is 4.39. The highest BCUT2D eigenvalue weighted by molar-refractivity contribution is 8.13. The van der Waals surface area contributed by atoms with Crippen molar-refractivity contribution in [1.29, 1.82) is 0 Å². The Bertz CT molecular complexity index is 479. The van der Waals surface area contributed by atoms with Crippen LogP contribution in [0.15, 0.2) is 35.0 Å². The Hall–Kier alpha value is -1.26. The summed E-state index contributed by atoms with van der Waals surface area (Å²) in [4.78, 5) is 15.6. The summed E-state index contributed by atoms with van der Waals surface area (Å²) in [5.41, 5.74) is 1.33. The second-order valence-electron chi connectivity index (χ2n) is 3.16. The molecule has 1 aliphatic heterocycles. The van der Waals surface area contributed by atoms with Crippen LogP contribution in [0.25, 0.3) is 6.08 Å². The van der Waals surface area contributed by atoms with Crippen LogP contribution in [0.1, 0.15) is 5.56 Å². The Balaban J connectivity index is 2.28. The molecule has 16 heavy (non-hydrogen) atoms. The number of nitrogens with one attached hydrogen (secondary N) is 1. The SMILES string of the molecule is CSC1=N/C(=C\c2ccc(Cl)cc2)C(=O)N1. The molecule has 0 bridgehead atoms. The molecule has 1 heterocycles. The van der Waals surface area contributed by atoms with Crippen LogP contribution in [0.5, 0.6) is 0 Å². The van der Waals surface area contributed by atoms with E-state index in [-0.39, 0.29) is 5.91 Å². The lowest BCUT2D eigenvalue weighted by molar-refractivity contribution is -0.115. The lowest BCUT2D eigenvalue weighted by atomic mass is 10.2. The standard InChI is InChI=1S/C11H9ClN2OS/c1-16-11-13-9(10(15)14-11)6-7-2-4-8(12)5-3-7/h2-6H,1H3,(H,13,14,15)/b9-6-. The summed E-state index contributed by atoms with van der Waals surface area (Å²) in [5.74, 6) is -0.167. The van der Waals surface area contributed by atoms with E-state index in [0.29, 0.717) is 15.9 Å². The highest BCUT2D eigenvalue weighted by Crippen LogP contribution is 2.16. The fourth-order valence-electron chi connectivity index (χ4n) is 1.26. The Morgan fingerprint density at radius 2 is 2.06 bits per heavy atom. The fraction of sp³-hybridized carbons (Fsp3) is 0.0909. The molecule has 0 atom stereocenters. The first-order valence-corrected chi connectivity index (χ1v) is 6.20. The number of amides is 1. The highest BCUT2D eigenvalue weighted by Gasteiger charge is 2.18. The largest absolute Gasteiger partial charge is 0.300 e. The number of amidine groups is 1. The monoisotopic (exact) mass is 252 g/mol. The van der Waals surface area contributed by atoms with Gasteiger partial charge in [0.1, 0.15) is 5.70 Å². The maximum absolute atomic E-state index is 11.5. The lowest BCUT2D eigenvalue weighted by Gasteiger charge is -1.94. The molecule has 0 radical (unpaired) electrons. The second kappa shape index (κ2) is 4.72. The van der Waals surface area contributed by atoms with E-state index < -0.39 is 0 Å². The van der Waals surface area contributed by atoms with Crippen LogP contribution in [-0.4, -0.2) is 17.3 Å². The van der Waals surface area contributed by atoms with Crippen LogP contribution < -0.4 is 5.32 Å². The first-order valence-electron chi connectivity index (χ1n) is 4.60. The van der Waals surface area contributed by atoms with Gasteiger partial charge in [-0.2, -0.15) is 0 Å². The summed E-state index contributed by atoms with van der Waals surface area (Å²) in [6.45, 7) is 0. The van der Waals surface area contributed by atoms with Crippen molar-refractivity contribution < 1.29 is 4.79 Å². The highest BCUT2D eigenvalue weighted by atomic mass is 35.5. The topological polar surface area (TPSA) is 41.5 Å². The van der Waals surface area contributed by atoms with E-state index in [1.165, 1.54) is 11.8 Å². The van der Waals surface area contributed by atoms with E-state index >= 15 is 0 Å². The fourth-order valence-corrected chi connectivity index (χ4v) is 1.77. The smallest absolute Gasteiger partial charge is 0.275 e. The van der Waals surface area contributed by atoms with E-state index in [0.717, 1.165) is 5.56 Å². The number of benzene rings is 1. The predicted molar refractivity (Wildman–Crippen MR) is 68.5 cm³/mol. The average Bonchev–Trinajstić information content (AvgIpc) is 2.63. The molecule has 5 heteroatoms. The molecule has 3 nitrogen and oxygen atoms in total. The summed E-state index contributed by atoms with van der Waals surface area (Å²) < 4.78 is 0. The van der Waals surface area contributed by atoms with Gasteiger partial charge in [-0.15, -0.1) is 0 Å². The molecule has 1 aromatic rings. The molecular weight excluding hydrogens is 244 g/mol. The van der Waals surface area contributed by atoms with E-state index in [4.69, 9.17) is 11.6 Å². The van der Waals surface area contributed by atoms with Crippen molar-refractivity contribution in [2.45, 2.75) is 0 Å². The van der Waals surface area contributed by atoms with Gasteiger partial charge in [0, 0.05) is 5.02 Å². The number of nitrogens with zero attached hydrogens (tertiary/aromatic N) is 1. The molecule has 2 rings (SSSR count). The van der Waals surface area contributed by atoms with Gasteiger partial charge < -0.3 is 0 Å². The van der Waals surface area contributed by atoms with E-state index in [1.54, 1.807) is 18.2 Å². The third-order valence-electron chi connectivity index (χ3n) is 2.04. The zero-order chi connectivity index (χ0) is 11.5. The number of carbonyl (C=O) groups excluding carboxylic acids is 1. The normalized spacial score (nSPS) is 17.5. The van der Waals surface area contributed by atoms with Crippen LogP contribution >= 0.6 is 23.4 Å². The van der Waals surface area contributed by atoms with Gasteiger partial charge in [0.15, 0.2) is 5.17 Å². The Labute approximate surface area is 103 Å².